The number of thioether (sulfide) groups is 1. The molecule has 0 radical (unpaired) electrons. The van der Waals surface area contributed by atoms with E-state index >= 15 is 0 Å². The van der Waals surface area contributed by atoms with Crippen LogP contribution in [0.2, 0.25) is 5.02 Å². The Kier molecular flexibility index (Phi) is 6.93. The van der Waals surface area contributed by atoms with Crippen LogP contribution in [0.15, 0.2) is 34.1 Å². The van der Waals surface area contributed by atoms with Crippen LogP contribution in [0.1, 0.15) is 29.7 Å². The Hall–Kier alpha value is -1.83. The molecule has 0 aliphatic heterocycles. The Labute approximate surface area is 167 Å². The van der Waals surface area contributed by atoms with E-state index in [1.165, 1.54) is 11.8 Å². The fourth-order valence-corrected chi connectivity index (χ4v) is 4.22. The summed E-state index contributed by atoms with van der Waals surface area (Å²) in [6.07, 6.45) is 3.72. The number of carbonyl (C=O) groups excluding carboxylic acids is 1. The number of fused-ring (bicyclic) bond motifs is 1. The molecular weight excluding hydrogens is 386 g/mol. The minimum Gasteiger partial charge on any atom is -0.395 e. The van der Waals surface area contributed by atoms with Gasteiger partial charge in [0.05, 0.1) is 18.9 Å². The summed E-state index contributed by atoms with van der Waals surface area (Å²) in [6.45, 7) is 0.606. The fraction of sp³-hybridized carbons (Fsp3) is 0.421. The molecule has 0 bridgehead atoms. The molecule has 1 aliphatic rings. The maximum absolute atomic E-state index is 12.3. The number of hydrogen-bond donors (Lipinski definition) is 2. The predicted octanol–water partition coefficient (Wildman–Crippen LogP) is 2.18. The summed E-state index contributed by atoms with van der Waals surface area (Å²) < 4.78 is 1.57. The average Bonchev–Trinajstić information content (AvgIpc) is 2.68. The second-order valence-corrected chi connectivity index (χ2v) is 7.80. The number of aromatic nitrogens is 2. The first-order valence-corrected chi connectivity index (χ1v) is 10.3. The van der Waals surface area contributed by atoms with Gasteiger partial charge in [0.15, 0.2) is 0 Å². The highest BCUT2D eigenvalue weighted by Crippen LogP contribution is 2.28. The van der Waals surface area contributed by atoms with E-state index < -0.39 is 0 Å². The molecule has 0 saturated heterocycles. The highest BCUT2D eigenvalue weighted by Gasteiger charge is 2.20. The Morgan fingerprint density at radius 2 is 2.00 bits per heavy atom. The van der Waals surface area contributed by atoms with Crippen LogP contribution in [0.3, 0.4) is 0 Å². The van der Waals surface area contributed by atoms with Gasteiger partial charge in [0.25, 0.3) is 0 Å². The number of aliphatic hydroxyl groups excluding tert-OH is 1. The van der Waals surface area contributed by atoms with Gasteiger partial charge in [0.2, 0.25) is 5.91 Å². The summed E-state index contributed by atoms with van der Waals surface area (Å²) in [5.74, 6) is 0.0945. The molecule has 0 unspecified atom stereocenters. The lowest BCUT2D eigenvalue weighted by atomic mass is 9.97. The second-order valence-electron chi connectivity index (χ2n) is 6.40. The Balaban J connectivity index is 1.65. The van der Waals surface area contributed by atoms with Gasteiger partial charge in [-0.3, -0.25) is 9.36 Å². The number of nitrogens with zero attached hydrogens (tertiary/aromatic N) is 2. The number of hydrogen-bond acceptors (Lipinski definition) is 5. The molecular formula is C19H22ClN3O3S. The van der Waals surface area contributed by atoms with Crippen molar-refractivity contribution in [1.29, 1.82) is 0 Å². The van der Waals surface area contributed by atoms with E-state index in [-0.39, 0.29) is 30.5 Å². The molecule has 1 aliphatic carbocycles. The number of nitrogens with one attached hydrogen (secondary N) is 1. The Bertz CT molecular complexity index is 868. The van der Waals surface area contributed by atoms with Gasteiger partial charge in [-0.15, -0.1) is 0 Å². The molecule has 1 heterocycles. The van der Waals surface area contributed by atoms with Crippen molar-refractivity contribution in [2.75, 3.05) is 12.4 Å². The molecule has 6 nitrogen and oxygen atoms in total. The average molecular weight is 408 g/mol. The summed E-state index contributed by atoms with van der Waals surface area (Å²) in [5.41, 5.74) is 2.62. The maximum atomic E-state index is 12.3. The lowest BCUT2D eigenvalue weighted by Crippen LogP contribution is -2.31. The molecule has 0 spiro atoms. The molecule has 0 fully saturated rings. The monoisotopic (exact) mass is 407 g/mol. The van der Waals surface area contributed by atoms with Crippen LogP contribution in [0.25, 0.3) is 0 Å². The maximum Gasteiger partial charge on any atom is 0.348 e. The number of amides is 1. The molecule has 27 heavy (non-hydrogen) atoms. The Morgan fingerprint density at radius 1 is 1.26 bits per heavy atom. The van der Waals surface area contributed by atoms with Crippen molar-refractivity contribution >= 4 is 29.3 Å². The number of halogens is 1. The van der Waals surface area contributed by atoms with Gasteiger partial charge in [0, 0.05) is 22.8 Å². The lowest BCUT2D eigenvalue weighted by molar-refractivity contribution is -0.118. The zero-order valence-electron chi connectivity index (χ0n) is 14.9. The molecule has 8 heteroatoms. The molecule has 3 rings (SSSR count). The van der Waals surface area contributed by atoms with Crippen LogP contribution in [-0.4, -0.2) is 32.9 Å². The zero-order chi connectivity index (χ0) is 19.2. The summed E-state index contributed by atoms with van der Waals surface area (Å²) in [7, 11) is 0. The van der Waals surface area contributed by atoms with Crippen molar-refractivity contribution < 1.29 is 9.90 Å². The van der Waals surface area contributed by atoms with Gasteiger partial charge in [-0.05, 0) is 43.4 Å². The fourth-order valence-electron chi connectivity index (χ4n) is 3.19. The molecule has 0 saturated carbocycles. The minimum absolute atomic E-state index is 0.0897. The first-order valence-electron chi connectivity index (χ1n) is 8.96. The van der Waals surface area contributed by atoms with Gasteiger partial charge >= 0.3 is 5.69 Å². The molecule has 1 aromatic carbocycles. The number of rotatable bonds is 7. The van der Waals surface area contributed by atoms with Gasteiger partial charge in [-0.25, -0.2) is 4.79 Å². The first kappa shape index (κ1) is 19.9. The normalized spacial score (nSPS) is 13.3. The van der Waals surface area contributed by atoms with E-state index in [0.29, 0.717) is 16.6 Å². The van der Waals surface area contributed by atoms with Crippen molar-refractivity contribution in [2.45, 2.75) is 43.8 Å². The van der Waals surface area contributed by atoms with Crippen molar-refractivity contribution in [3.8, 4) is 0 Å². The highest BCUT2D eigenvalue weighted by atomic mass is 35.5. The second kappa shape index (κ2) is 9.39. The summed E-state index contributed by atoms with van der Waals surface area (Å²) in [4.78, 5) is 28.6. The molecule has 2 N–H and O–H groups in total. The lowest BCUT2D eigenvalue weighted by Gasteiger charge is -2.22. The third kappa shape index (κ3) is 5.12. The number of aliphatic hydroxyl groups is 1. The van der Waals surface area contributed by atoms with Crippen molar-refractivity contribution in [3.63, 3.8) is 0 Å². The SMILES string of the molecule is O=C(CSc1nc(=O)n(CCO)c2c1CCCC2)NCc1ccc(Cl)cc1. The van der Waals surface area contributed by atoms with Crippen molar-refractivity contribution in [3.05, 3.63) is 56.6 Å². The van der Waals surface area contributed by atoms with E-state index in [2.05, 4.69) is 10.3 Å². The summed E-state index contributed by atoms with van der Waals surface area (Å²) in [5, 5.41) is 13.4. The topological polar surface area (TPSA) is 84.2 Å². The van der Waals surface area contributed by atoms with Gasteiger partial charge in [0.1, 0.15) is 5.03 Å². The summed E-state index contributed by atoms with van der Waals surface area (Å²) in [6, 6.07) is 7.31. The van der Waals surface area contributed by atoms with Crippen LogP contribution in [0, 0.1) is 0 Å². The number of benzene rings is 1. The van der Waals surface area contributed by atoms with E-state index in [9.17, 15) is 14.7 Å². The standard InChI is InChI=1S/C19H22ClN3O3S/c20-14-7-5-13(6-8-14)11-21-17(25)12-27-18-15-3-1-2-4-16(15)23(9-10-24)19(26)22-18/h5-8,24H,1-4,9-12H2,(H,21,25). The Morgan fingerprint density at radius 3 is 2.74 bits per heavy atom. The van der Waals surface area contributed by atoms with E-state index in [1.807, 2.05) is 12.1 Å². The number of carbonyl (C=O) groups is 1. The van der Waals surface area contributed by atoms with Crippen molar-refractivity contribution in [2.24, 2.45) is 0 Å². The van der Waals surface area contributed by atoms with Crippen molar-refractivity contribution in [1.82, 2.24) is 14.9 Å². The van der Waals surface area contributed by atoms with Gasteiger partial charge in [-0.1, -0.05) is 35.5 Å². The third-order valence-electron chi connectivity index (χ3n) is 4.52. The zero-order valence-corrected chi connectivity index (χ0v) is 16.5. The van der Waals surface area contributed by atoms with Crippen LogP contribution < -0.4 is 11.0 Å². The summed E-state index contributed by atoms with van der Waals surface area (Å²) >= 11 is 7.16. The van der Waals surface area contributed by atoms with Crippen LogP contribution in [0.4, 0.5) is 0 Å². The van der Waals surface area contributed by atoms with E-state index in [1.54, 1.807) is 16.7 Å². The van der Waals surface area contributed by atoms with Gasteiger partial charge in [-0.2, -0.15) is 4.98 Å². The molecule has 144 valence electrons. The molecule has 1 aromatic heterocycles. The smallest absolute Gasteiger partial charge is 0.348 e. The largest absolute Gasteiger partial charge is 0.395 e. The van der Waals surface area contributed by atoms with E-state index in [4.69, 9.17) is 11.6 Å². The minimum atomic E-state index is -0.353. The van der Waals surface area contributed by atoms with Gasteiger partial charge < -0.3 is 10.4 Å². The highest BCUT2D eigenvalue weighted by molar-refractivity contribution is 7.99. The molecule has 0 atom stereocenters. The van der Waals surface area contributed by atoms with Crippen LogP contribution in [-0.2, 0) is 30.7 Å². The van der Waals surface area contributed by atoms with Crippen LogP contribution >= 0.6 is 23.4 Å². The quantitative estimate of drug-likeness (QED) is 0.543. The van der Waals surface area contributed by atoms with E-state index in [0.717, 1.165) is 42.5 Å². The van der Waals surface area contributed by atoms with Crippen LogP contribution in [0.5, 0.6) is 0 Å². The molecule has 2 aromatic rings. The molecule has 1 amide bonds. The predicted molar refractivity (Wildman–Crippen MR) is 106 cm³/mol. The third-order valence-corrected chi connectivity index (χ3v) is 5.79. The first-order chi connectivity index (χ1) is 13.1.